The third-order valence-electron chi connectivity index (χ3n) is 3.73. The van der Waals surface area contributed by atoms with E-state index in [1.807, 2.05) is 0 Å². The van der Waals surface area contributed by atoms with E-state index in [0.717, 1.165) is 11.8 Å². The lowest BCUT2D eigenvalue weighted by atomic mass is 10.2. The van der Waals surface area contributed by atoms with Gasteiger partial charge in [0.25, 0.3) is 5.24 Å². The van der Waals surface area contributed by atoms with Crippen molar-refractivity contribution in [2.45, 2.75) is 17.4 Å². The van der Waals surface area contributed by atoms with Gasteiger partial charge in [0.05, 0.1) is 16.7 Å². The van der Waals surface area contributed by atoms with Crippen LogP contribution in [0.3, 0.4) is 0 Å². The van der Waals surface area contributed by atoms with Crippen molar-refractivity contribution in [3.63, 3.8) is 0 Å². The number of halogens is 1. The predicted molar refractivity (Wildman–Crippen MR) is 86.0 cm³/mol. The lowest BCUT2D eigenvalue weighted by Crippen LogP contribution is -2.41. The minimum Gasteiger partial charge on any atom is -0.273 e. The Morgan fingerprint density at radius 2 is 1.95 bits per heavy atom. The number of hydrogen-bond acceptors (Lipinski definition) is 5. The summed E-state index contributed by atoms with van der Waals surface area (Å²) >= 11 is 4.22. The van der Waals surface area contributed by atoms with E-state index in [4.69, 9.17) is 0 Å². The smallest absolute Gasteiger partial charge is 0.273 e. The SMILES string of the molecule is O=C1CSC(=O)N1C1CCN(S(=O)(=O)c2ccccc2Br)C1. The highest BCUT2D eigenvalue weighted by Crippen LogP contribution is 2.31. The molecule has 22 heavy (non-hydrogen) atoms. The summed E-state index contributed by atoms with van der Waals surface area (Å²) in [6, 6.07) is 6.25. The first kappa shape index (κ1) is 16.0. The summed E-state index contributed by atoms with van der Waals surface area (Å²) < 4.78 is 27.2. The molecule has 1 unspecified atom stereocenters. The van der Waals surface area contributed by atoms with Gasteiger partial charge < -0.3 is 0 Å². The molecule has 0 aliphatic carbocycles. The van der Waals surface area contributed by atoms with Crippen molar-refractivity contribution >= 4 is 48.9 Å². The third kappa shape index (κ3) is 2.70. The van der Waals surface area contributed by atoms with Crippen LogP contribution in [0.4, 0.5) is 4.79 Å². The molecule has 2 aliphatic rings. The molecule has 0 bridgehead atoms. The number of rotatable bonds is 3. The number of thioether (sulfide) groups is 1. The van der Waals surface area contributed by atoms with Crippen LogP contribution in [-0.2, 0) is 14.8 Å². The van der Waals surface area contributed by atoms with E-state index in [1.54, 1.807) is 18.2 Å². The zero-order chi connectivity index (χ0) is 15.9. The normalized spacial score (nSPS) is 23.5. The number of carbonyl (C=O) groups excluding carboxylic acids is 2. The van der Waals surface area contributed by atoms with Crippen LogP contribution in [0.15, 0.2) is 33.6 Å². The zero-order valence-electron chi connectivity index (χ0n) is 11.4. The van der Waals surface area contributed by atoms with Gasteiger partial charge in [0.2, 0.25) is 15.9 Å². The number of imide groups is 1. The maximum absolute atomic E-state index is 12.7. The molecule has 0 spiro atoms. The molecule has 2 aliphatic heterocycles. The van der Waals surface area contributed by atoms with Gasteiger partial charge in [0, 0.05) is 17.6 Å². The Balaban J connectivity index is 1.82. The second-order valence-corrected chi connectivity index (χ2v) is 8.74. The number of nitrogens with zero attached hydrogens (tertiary/aromatic N) is 2. The minimum atomic E-state index is -3.64. The number of benzene rings is 1. The highest BCUT2D eigenvalue weighted by Gasteiger charge is 2.42. The van der Waals surface area contributed by atoms with Gasteiger partial charge in [-0.3, -0.25) is 14.5 Å². The monoisotopic (exact) mass is 404 g/mol. The average Bonchev–Trinajstić information content (AvgIpc) is 3.06. The van der Waals surface area contributed by atoms with Crippen LogP contribution in [0, 0.1) is 0 Å². The Hall–Kier alpha value is -0.900. The van der Waals surface area contributed by atoms with E-state index < -0.39 is 10.0 Å². The van der Waals surface area contributed by atoms with Gasteiger partial charge in [-0.15, -0.1) is 0 Å². The highest BCUT2D eigenvalue weighted by atomic mass is 79.9. The molecule has 6 nitrogen and oxygen atoms in total. The van der Waals surface area contributed by atoms with Crippen molar-refractivity contribution < 1.29 is 18.0 Å². The molecule has 0 saturated carbocycles. The molecule has 3 rings (SSSR count). The standard InChI is InChI=1S/C13H13BrN2O4S2/c14-10-3-1-2-4-11(10)22(19,20)15-6-5-9(7-15)16-12(17)8-21-13(16)18/h1-4,9H,5-8H2. The molecule has 0 aromatic heterocycles. The maximum atomic E-state index is 12.7. The van der Waals surface area contributed by atoms with Crippen LogP contribution in [0.2, 0.25) is 0 Å². The minimum absolute atomic E-state index is 0.145. The number of hydrogen-bond donors (Lipinski definition) is 0. The predicted octanol–water partition coefficient (Wildman–Crippen LogP) is 1.91. The van der Waals surface area contributed by atoms with Gasteiger partial charge >= 0.3 is 0 Å². The van der Waals surface area contributed by atoms with Crippen LogP contribution in [0.5, 0.6) is 0 Å². The fourth-order valence-corrected chi connectivity index (χ4v) is 5.88. The van der Waals surface area contributed by atoms with E-state index in [9.17, 15) is 18.0 Å². The molecule has 2 amide bonds. The fourth-order valence-electron chi connectivity index (χ4n) is 2.65. The first-order chi connectivity index (χ1) is 10.4. The molecule has 2 heterocycles. The molecule has 2 saturated heterocycles. The van der Waals surface area contributed by atoms with Crippen LogP contribution in [0.1, 0.15) is 6.42 Å². The second kappa shape index (κ2) is 5.95. The molecular formula is C13H13BrN2O4S2. The van der Waals surface area contributed by atoms with Crippen molar-refractivity contribution in [1.29, 1.82) is 0 Å². The molecular weight excluding hydrogens is 392 g/mol. The average molecular weight is 405 g/mol. The first-order valence-corrected chi connectivity index (χ1v) is 9.86. The lowest BCUT2D eigenvalue weighted by Gasteiger charge is -2.22. The van der Waals surface area contributed by atoms with Crippen molar-refractivity contribution in [2.24, 2.45) is 0 Å². The fraction of sp³-hybridized carbons (Fsp3) is 0.385. The molecule has 9 heteroatoms. The quantitative estimate of drug-likeness (QED) is 0.768. The summed E-state index contributed by atoms with van der Waals surface area (Å²) in [5, 5.41) is -0.282. The van der Waals surface area contributed by atoms with E-state index in [-0.39, 0.29) is 34.4 Å². The van der Waals surface area contributed by atoms with Gasteiger partial charge in [0.1, 0.15) is 0 Å². The second-order valence-electron chi connectivity index (χ2n) is 5.05. The Morgan fingerprint density at radius 1 is 1.23 bits per heavy atom. The van der Waals surface area contributed by atoms with Crippen LogP contribution >= 0.6 is 27.7 Å². The Bertz CT molecular complexity index is 721. The number of amides is 2. The Kier molecular flexibility index (Phi) is 4.32. The van der Waals surface area contributed by atoms with E-state index in [0.29, 0.717) is 17.4 Å². The van der Waals surface area contributed by atoms with Crippen molar-refractivity contribution in [2.75, 3.05) is 18.8 Å². The maximum Gasteiger partial charge on any atom is 0.289 e. The molecule has 1 aromatic carbocycles. The van der Waals surface area contributed by atoms with Gasteiger partial charge in [-0.05, 0) is 34.5 Å². The molecule has 1 atom stereocenters. The molecule has 2 fully saturated rings. The first-order valence-electron chi connectivity index (χ1n) is 6.65. The van der Waals surface area contributed by atoms with Crippen molar-refractivity contribution in [3.8, 4) is 0 Å². The van der Waals surface area contributed by atoms with Gasteiger partial charge in [-0.2, -0.15) is 4.31 Å². The van der Waals surface area contributed by atoms with E-state index in [1.165, 1.54) is 15.3 Å². The largest absolute Gasteiger partial charge is 0.289 e. The van der Waals surface area contributed by atoms with E-state index >= 15 is 0 Å². The van der Waals surface area contributed by atoms with Crippen LogP contribution in [-0.4, -0.2) is 53.7 Å². The summed E-state index contributed by atoms with van der Waals surface area (Å²) in [5.74, 6) is -0.0908. The summed E-state index contributed by atoms with van der Waals surface area (Å²) in [4.78, 5) is 24.9. The highest BCUT2D eigenvalue weighted by molar-refractivity contribution is 9.10. The molecule has 0 N–H and O–H groups in total. The summed E-state index contributed by atoms with van der Waals surface area (Å²) in [6.07, 6.45) is 0.474. The van der Waals surface area contributed by atoms with Crippen LogP contribution in [0.25, 0.3) is 0 Å². The summed E-state index contributed by atoms with van der Waals surface area (Å²) in [5.41, 5.74) is 0. The molecule has 118 valence electrons. The summed E-state index contributed by atoms with van der Waals surface area (Å²) in [6.45, 7) is 0.456. The summed E-state index contributed by atoms with van der Waals surface area (Å²) in [7, 11) is -3.64. The van der Waals surface area contributed by atoms with Gasteiger partial charge in [-0.25, -0.2) is 8.42 Å². The Labute approximate surface area is 141 Å². The van der Waals surface area contributed by atoms with Gasteiger partial charge in [-0.1, -0.05) is 23.9 Å². The Morgan fingerprint density at radius 3 is 2.59 bits per heavy atom. The topological polar surface area (TPSA) is 74.8 Å². The van der Waals surface area contributed by atoms with Crippen LogP contribution < -0.4 is 0 Å². The molecule has 1 aromatic rings. The third-order valence-corrected chi connectivity index (χ3v) is 7.44. The zero-order valence-corrected chi connectivity index (χ0v) is 14.7. The van der Waals surface area contributed by atoms with E-state index in [2.05, 4.69) is 15.9 Å². The lowest BCUT2D eigenvalue weighted by molar-refractivity contribution is -0.126. The number of sulfonamides is 1. The molecule has 0 radical (unpaired) electrons. The van der Waals surface area contributed by atoms with Crippen molar-refractivity contribution in [1.82, 2.24) is 9.21 Å². The number of carbonyl (C=O) groups is 2. The van der Waals surface area contributed by atoms with Gasteiger partial charge in [0.15, 0.2) is 0 Å². The van der Waals surface area contributed by atoms with Crippen molar-refractivity contribution in [3.05, 3.63) is 28.7 Å².